The molecular weight excluding hydrogens is 723 g/mol. The van der Waals surface area contributed by atoms with Crippen LogP contribution in [0.3, 0.4) is 0 Å². The molecule has 2 aliphatic carbocycles. The minimum atomic E-state index is -3.72. The molecule has 1 saturated carbocycles. The van der Waals surface area contributed by atoms with E-state index in [1.165, 1.54) is 10.4 Å². The van der Waals surface area contributed by atoms with Crippen LogP contribution in [0.5, 0.6) is 11.5 Å². The Morgan fingerprint density at radius 3 is 1.64 bits per heavy atom. The van der Waals surface area contributed by atoms with Crippen LogP contribution in [0.25, 0.3) is 0 Å². The summed E-state index contributed by atoms with van der Waals surface area (Å²) in [4.78, 5) is 0. The predicted molar refractivity (Wildman–Crippen MR) is 225 cm³/mol. The highest BCUT2D eigenvalue weighted by Gasteiger charge is 2.51. The fraction of sp³-hybridized carbons (Fsp3) is 0.435. The van der Waals surface area contributed by atoms with Gasteiger partial charge in [-0.15, -0.1) is 0 Å². The molecule has 4 aromatic rings. The van der Waals surface area contributed by atoms with Crippen LogP contribution in [0.2, 0.25) is 5.04 Å². The topological polar surface area (TPSA) is 85.3 Å². The SMILES string of the molecule is COc1ccc(CN(Cc2ccc(OC)cc2)S(=O)(=O)[C@H](C)[C@@H](C)[C@@H]2C=C([C@@H](O)[C@@H]3CC[C@H]3CO[Si](c3ccccc3)(c3ccccc3)C(C)(C)C)C2)cc1. The lowest BCUT2D eigenvalue weighted by atomic mass is 9.65. The largest absolute Gasteiger partial charge is 0.497 e. The number of nitrogens with zero attached hydrogens (tertiary/aromatic N) is 1. The Balaban J connectivity index is 1.14. The molecule has 2 aliphatic rings. The number of ether oxygens (including phenoxy) is 2. The standard InChI is InChI=1S/C46H59NO6SSi/c1-33(34(2)54(49,50)47(30-35-18-23-40(51-6)24-19-35)31-36-20-25-41(52-7)26-21-36)38-28-39(29-38)45(48)44-27-22-37(44)32-53-55(46(3,4)5,42-14-10-8-11-15-42)43-16-12-9-13-17-43/h8-21,23-26,28,33-34,37-38,44-45,48H,22,27,29-32H2,1-7H3/t33-,34-,37+,38-,44-,45-/m1/s1. The molecule has 0 heterocycles. The molecule has 55 heavy (non-hydrogen) atoms. The van der Waals surface area contributed by atoms with Crippen molar-refractivity contribution in [2.24, 2.45) is 23.7 Å². The van der Waals surface area contributed by atoms with Crippen LogP contribution in [0, 0.1) is 23.7 Å². The fourth-order valence-corrected chi connectivity index (χ4v) is 15.0. The molecule has 1 fully saturated rings. The van der Waals surface area contributed by atoms with Crippen molar-refractivity contribution in [2.45, 2.75) is 83.4 Å². The van der Waals surface area contributed by atoms with Crippen molar-refractivity contribution in [3.63, 3.8) is 0 Å². The van der Waals surface area contributed by atoms with Crippen molar-refractivity contribution in [2.75, 3.05) is 20.8 Å². The smallest absolute Gasteiger partial charge is 0.261 e. The number of aliphatic hydroxyl groups is 1. The molecule has 0 saturated heterocycles. The molecule has 0 aliphatic heterocycles. The lowest BCUT2D eigenvalue weighted by Crippen LogP contribution is -2.67. The molecule has 0 spiro atoms. The van der Waals surface area contributed by atoms with Gasteiger partial charge in [0, 0.05) is 19.7 Å². The summed E-state index contributed by atoms with van der Waals surface area (Å²) in [5.41, 5.74) is 2.82. The molecule has 7 nitrogen and oxygen atoms in total. The number of allylic oxidation sites excluding steroid dienone is 1. The summed E-state index contributed by atoms with van der Waals surface area (Å²) in [6.45, 7) is 11.9. The van der Waals surface area contributed by atoms with E-state index in [2.05, 4.69) is 87.5 Å². The van der Waals surface area contributed by atoms with Crippen LogP contribution in [-0.2, 0) is 27.5 Å². The van der Waals surface area contributed by atoms with Gasteiger partial charge in [-0.3, -0.25) is 0 Å². The van der Waals surface area contributed by atoms with Crippen LogP contribution >= 0.6 is 0 Å². The van der Waals surface area contributed by atoms with Gasteiger partial charge < -0.3 is 19.0 Å². The van der Waals surface area contributed by atoms with Crippen molar-refractivity contribution in [1.29, 1.82) is 0 Å². The number of hydrogen-bond donors (Lipinski definition) is 1. The highest BCUT2D eigenvalue weighted by atomic mass is 32.2. The van der Waals surface area contributed by atoms with Gasteiger partial charge in [0.15, 0.2) is 0 Å². The number of rotatable bonds is 17. The van der Waals surface area contributed by atoms with E-state index in [4.69, 9.17) is 13.9 Å². The fourth-order valence-electron chi connectivity index (χ4n) is 8.52. The Morgan fingerprint density at radius 2 is 1.24 bits per heavy atom. The maximum atomic E-state index is 14.4. The lowest BCUT2D eigenvalue weighted by molar-refractivity contribution is 0.00403. The third kappa shape index (κ3) is 8.66. The average molecular weight is 782 g/mol. The molecule has 0 bridgehead atoms. The van der Waals surface area contributed by atoms with Gasteiger partial charge in [0.2, 0.25) is 10.0 Å². The van der Waals surface area contributed by atoms with Crippen LogP contribution in [-0.4, -0.2) is 58.3 Å². The summed E-state index contributed by atoms with van der Waals surface area (Å²) in [6, 6.07) is 36.5. The molecular formula is C46H59NO6SSi. The monoisotopic (exact) mass is 781 g/mol. The highest BCUT2D eigenvalue weighted by molar-refractivity contribution is 7.89. The quantitative estimate of drug-likeness (QED) is 0.0865. The minimum Gasteiger partial charge on any atom is -0.497 e. The lowest BCUT2D eigenvalue weighted by Gasteiger charge is -2.48. The van der Waals surface area contributed by atoms with Gasteiger partial charge in [0.1, 0.15) is 11.5 Å². The summed E-state index contributed by atoms with van der Waals surface area (Å²) >= 11 is 0. The first-order chi connectivity index (χ1) is 26.3. The second-order valence-corrected chi connectivity index (χ2v) is 23.2. The zero-order valence-electron chi connectivity index (χ0n) is 33.5. The molecule has 6 rings (SSSR count). The van der Waals surface area contributed by atoms with Gasteiger partial charge in [0.05, 0.1) is 25.6 Å². The van der Waals surface area contributed by atoms with Crippen molar-refractivity contribution in [1.82, 2.24) is 4.31 Å². The molecule has 0 unspecified atom stereocenters. The molecule has 0 aromatic heterocycles. The van der Waals surface area contributed by atoms with Gasteiger partial charge in [0.25, 0.3) is 8.32 Å². The number of methoxy groups -OCH3 is 2. The maximum Gasteiger partial charge on any atom is 0.261 e. The Labute approximate surface area is 330 Å². The van der Waals surface area contributed by atoms with Crippen LogP contribution in [0.4, 0.5) is 0 Å². The van der Waals surface area contributed by atoms with Crippen LogP contribution in [0.15, 0.2) is 121 Å². The van der Waals surface area contributed by atoms with Gasteiger partial charge in [-0.2, -0.15) is 4.31 Å². The summed E-state index contributed by atoms with van der Waals surface area (Å²) in [6.07, 6.45) is 4.30. The maximum absolute atomic E-state index is 14.4. The molecule has 4 aromatic carbocycles. The van der Waals surface area contributed by atoms with Gasteiger partial charge in [-0.05, 0) is 106 Å². The van der Waals surface area contributed by atoms with E-state index in [-0.39, 0.29) is 41.8 Å². The first-order valence-corrected chi connectivity index (χ1v) is 23.1. The summed E-state index contributed by atoms with van der Waals surface area (Å²) in [7, 11) is -3.15. The third-order valence-corrected chi connectivity index (χ3v) is 19.7. The molecule has 294 valence electrons. The molecule has 9 heteroatoms. The van der Waals surface area contributed by atoms with E-state index < -0.39 is 29.7 Å². The first-order valence-electron chi connectivity index (χ1n) is 19.7. The zero-order chi connectivity index (χ0) is 39.4. The second-order valence-electron chi connectivity index (χ2n) is 16.6. The second kappa shape index (κ2) is 17.2. The van der Waals surface area contributed by atoms with E-state index in [0.717, 1.165) is 41.0 Å². The normalized spacial score (nSPS) is 20.5. The van der Waals surface area contributed by atoms with E-state index in [1.54, 1.807) is 18.5 Å². The van der Waals surface area contributed by atoms with E-state index in [0.29, 0.717) is 13.0 Å². The van der Waals surface area contributed by atoms with Gasteiger partial charge in [-0.1, -0.05) is 119 Å². The summed E-state index contributed by atoms with van der Waals surface area (Å²) in [5, 5.41) is 13.5. The Morgan fingerprint density at radius 1 is 0.764 bits per heavy atom. The number of hydrogen-bond acceptors (Lipinski definition) is 6. The van der Waals surface area contributed by atoms with Crippen molar-refractivity contribution < 1.29 is 27.4 Å². The van der Waals surface area contributed by atoms with Gasteiger partial charge in [-0.25, -0.2) is 8.42 Å². The Bertz CT molecular complexity index is 1890. The third-order valence-electron chi connectivity index (χ3n) is 12.4. The Kier molecular flexibility index (Phi) is 12.8. The molecule has 0 amide bonds. The average Bonchev–Trinajstić information content (AvgIpc) is 3.15. The number of aliphatic hydroxyl groups excluding tert-OH is 1. The van der Waals surface area contributed by atoms with E-state index in [1.807, 2.05) is 62.4 Å². The number of sulfonamides is 1. The van der Waals surface area contributed by atoms with Crippen molar-refractivity contribution in [3.05, 3.63) is 132 Å². The van der Waals surface area contributed by atoms with Crippen LogP contribution in [0.1, 0.15) is 65.0 Å². The summed E-state index contributed by atoms with van der Waals surface area (Å²) < 4.78 is 48.4. The summed E-state index contributed by atoms with van der Waals surface area (Å²) in [5.74, 6) is 1.79. The molecule has 6 atom stereocenters. The van der Waals surface area contributed by atoms with E-state index in [9.17, 15) is 13.5 Å². The van der Waals surface area contributed by atoms with Gasteiger partial charge >= 0.3 is 0 Å². The van der Waals surface area contributed by atoms with Crippen molar-refractivity contribution >= 4 is 28.7 Å². The molecule has 1 N–H and O–H groups in total. The molecule has 0 radical (unpaired) electrons. The highest BCUT2D eigenvalue weighted by Crippen LogP contribution is 2.46. The zero-order valence-corrected chi connectivity index (χ0v) is 35.3. The predicted octanol–water partition coefficient (Wildman–Crippen LogP) is 7.97. The number of benzene rings is 4. The van der Waals surface area contributed by atoms with Crippen LogP contribution < -0.4 is 19.8 Å². The van der Waals surface area contributed by atoms with E-state index >= 15 is 0 Å². The first kappa shape index (κ1) is 40.9. The Hall–Kier alpha value is -3.73. The van der Waals surface area contributed by atoms with Crippen molar-refractivity contribution in [3.8, 4) is 11.5 Å². The minimum absolute atomic E-state index is 0.0742.